The van der Waals surface area contributed by atoms with E-state index in [0.29, 0.717) is 38.4 Å². The van der Waals surface area contributed by atoms with E-state index >= 15 is 0 Å². The van der Waals surface area contributed by atoms with E-state index in [2.05, 4.69) is 5.32 Å². The van der Waals surface area contributed by atoms with E-state index in [0.717, 1.165) is 4.90 Å². The molecule has 1 amide bonds. The number of amides is 1. The lowest BCUT2D eigenvalue weighted by Crippen LogP contribution is -2.12. The number of methoxy groups -OCH3 is 2. The Labute approximate surface area is 194 Å². The standard InChI is InChI=1S/C23H19Cl2NO4S/c1-29-21-9-6-14(10-22(21)30-2)23(28)26-16-4-3-5-17(12-16)31-13-20(27)18-8-7-15(24)11-19(18)25/h3-12H,13H2,1-2H3,(H,26,28). The molecule has 0 saturated carbocycles. The van der Waals surface area contributed by atoms with Crippen molar-refractivity contribution in [2.24, 2.45) is 0 Å². The Morgan fingerprint density at radius 3 is 2.42 bits per heavy atom. The number of hydrogen-bond acceptors (Lipinski definition) is 5. The predicted octanol–water partition coefficient (Wildman–Crippen LogP) is 6.24. The van der Waals surface area contributed by atoms with Gasteiger partial charge in [0.2, 0.25) is 0 Å². The molecule has 0 aliphatic rings. The molecule has 0 bridgehead atoms. The third kappa shape index (κ3) is 5.94. The molecule has 5 nitrogen and oxygen atoms in total. The van der Waals surface area contributed by atoms with Crippen LogP contribution in [-0.4, -0.2) is 31.7 Å². The van der Waals surface area contributed by atoms with Crippen LogP contribution in [0.1, 0.15) is 20.7 Å². The molecule has 1 N–H and O–H groups in total. The molecule has 0 aliphatic carbocycles. The van der Waals surface area contributed by atoms with Gasteiger partial charge < -0.3 is 14.8 Å². The van der Waals surface area contributed by atoms with E-state index < -0.39 is 0 Å². The van der Waals surface area contributed by atoms with Crippen LogP contribution in [0.5, 0.6) is 11.5 Å². The maximum atomic E-state index is 12.6. The molecular weight excluding hydrogens is 457 g/mol. The first-order valence-corrected chi connectivity index (χ1v) is 10.9. The Hall–Kier alpha value is -2.67. The summed E-state index contributed by atoms with van der Waals surface area (Å²) in [5, 5.41) is 3.66. The van der Waals surface area contributed by atoms with Crippen LogP contribution < -0.4 is 14.8 Å². The normalized spacial score (nSPS) is 10.5. The first-order chi connectivity index (χ1) is 14.9. The zero-order chi connectivity index (χ0) is 22.4. The zero-order valence-corrected chi connectivity index (χ0v) is 19.1. The number of thioether (sulfide) groups is 1. The molecule has 160 valence electrons. The van der Waals surface area contributed by atoms with Crippen LogP contribution >= 0.6 is 35.0 Å². The summed E-state index contributed by atoms with van der Waals surface area (Å²) < 4.78 is 10.4. The molecule has 3 aromatic rings. The average Bonchev–Trinajstić information content (AvgIpc) is 2.77. The van der Waals surface area contributed by atoms with Crippen LogP contribution in [-0.2, 0) is 0 Å². The fraction of sp³-hybridized carbons (Fsp3) is 0.130. The van der Waals surface area contributed by atoms with Crippen molar-refractivity contribution in [2.75, 3.05) is 25.3 Å². The highest BCUT2D eigenvalue weighted by atomic mass is 35.5. The number of hydrogen-bond donors (Lipinski definition) is 1. The minimum absolute atomic E-state index is 0.105. The minimum atomic E-state index is -0.285. The summed E-state index contributed by atoms with van der Waals surface area (Å²) in [5.41, 5.74) is 1.47. The van der Waals surface area contributed by atoms with Crippen molar-refractivity contribution in [3.05, 3.63) is 81.8 Å². The van der Waals surface area contributed by atoms with Crippen LogP contribution in [0.25, 0.3) is 0 Å². The van der Waals surface area contributed by atoms with Gasteiger partial charge in [0, 0.05) is 26.7 Å². The van der Waals surface area contributed by atoms with Crippen molar-refractivity contribution >= 4 is 52.3 Å². The number of ketones is 1. The van der Waals surface area contributed by atoms with Gasteiger partial charge in [-0.05, 0) is 54.6 Å². The Morgan fingerprint density at radius 2 is 1.71 bits per heavy atom. The summed E-state index contributed by atoms with van der Waals surface area (Å²) in [6, 6.07) is 17.0. The highest BCUT2D eigenvalue weighted by Gasteiger charge is 2.13. The zero-order valence-electron chi connectivity index (χ0n) is 16.8. The Kier molecular flexibility index (Phi) is 7.85. The lowest BCUT2D eigenvalue weighted by molar-refractivity contribution is 0.101. The monoisotopic (exact) mass is 475 g/mol. The fourth-order valence-electron chi connectivity index (χ4n) is 2.79. The molecule has 3 rings (SSSR count). The quantitative estimate of drug-likeness (QED) is 0.308. The third-order valence-electron chi connectivity index (χ3n) is 4.34. The van der Waals surface area contributed by atoms with Crippen molar-refractivity contribution in [1.29, 1.82) is 0 Å². The van der Waals surface area contributed by atoms with Crippen molar-refractivity contribution in [2.45, 2.75) is 4.90 Å². The largest absolute Gasteiger partial charge is 0.493 e. The molecular formula is C23H19Cl2NO4S. The van der Waals surface area contributed by atoms with E-state index in [4.69, 9.17) is 32.7 Å². The average molecular weight is 476 g/mol. The Balaban J connectivity index is 1.66. The second kappa shape index (κ2) is 10.6. The van der Waals surface area contributed by atoms with Gasteiger partial charge in [0.15, 0.2) is 17.3 Å². The van der Waals surface area contributed by atoms with Crippen LogP contribution in [0.4, 0.5) is 5.69 Å². The number of halogens is 2. The second-order valence-electron chi connectivity index (χ2n) is 6.39. The number of carbonyl (C=O) groups is 2. The van der Waals surface area contributed by atoms with Crippen LogP contribution in [0.3, 0.4) is 0 Å². The minimum Gasteiger partial charge on any atom is -0.493 e. The molecule has 0 aromatic heterocycles. The van der Waals surface area contributed by atoms with Gasteiger partial charge in [0.05, 0.1) is 25.0 Å². The summed E-state index contributed by atoms with van der Waals surface area (Å²) in [5.74, 6) is 0.828. The van der Waals surface area contributed by atoms with Crippen LogP contribution in [0.15, 0.2) is 65.6 Å². The highest BCUT2D eigenvalue weighted by Crippen LogP contribution is 2.29. The van der Waals surface area contributed by atoms with Crippen LogP contribution in [0.2, 0.25) is 10.0 Å². The molecule has 0 unspecified atom stereocenters. The van der Waals surface area contributed by atoms with E-state index in [1.54, 1.807) is 48.5 Å². The number of Topliss-reactive ketones (excluding diaryl/α,β-unsaturated/α-hetero) is 1. The number of ether oxygens (including phenoxy) is 2. The van der Waals surface area contributed by atoms with Gasteiger partial charge >= 0.3 is 0 Å². The van der Waals surface area contributed by atoms with Gasteiger partial charge in [0.25, 0.3) is 5.91 Å². The lowest BCUT2D eigenvalue weighted by Gasteiger charge is -2.11. The summed E-state index contributed by atoms with van der Waals surface area (Å²) in [6.45, 7) is 0. The van der Waals surface area contributed by atoms with E-state index in [1.165, 1.54) is 26.0 Å². The molecule has 0 atom stereocenters. The Bertz CT molecular complexity index is 1120. The Morgan fingerprint density at radius 1 is 0.935 bits per heavy atom. The molecule has 0 aliphatic heterocycles. The second-order valence-corrected chi connectivity index (χ2v) is 8.28. The summed E-state index contributed by atoms with van der Waals surface area (Å²) in [7, 11) is 3.05. The summed E-state index contributed by atoms with van der Waals surface area (Å²) >= 11 is 13.3. The number of carbonyl (C=O) groups excluding carboxylic acids is 2. The third-order valence-corrected chi connectivity index (χ3v) is 5.88. The number of benzene rings is 3. The molecule has 0 fully saturated rings. The smallest absolute Gasteiger partial charge is 0.255 e. The van der Waals surface area contributed by atoms with E-state index in [1.807, 2.05) is 12.1 Å². The summed E-state index contributed by atoms with van der Waals surface area (Å²) in [4.78, 5) is 25.9. The van der Waals surface area contributed by atoms with Gasteiger partial charge in [-0.1, -0.05) is 29.3 Å². The summed E-state index contributed by atoms with van der Waals surface area (Å²) in [6.07, 6.45) is 0. The van der Waals surface area contributed by atoms with Crippen molar-refractivity contribution in [1.82, 2.24) is 0 Å². The van der Waals surface area contributed by atoms with Crippen molar-refractivity contribution < 1.29 is 19.1 Å². The topological polar surface area (TPSA) is 64.6 Å². The SMILES string of the molecule is COc1ccc(C(=O)Nc2cccc(SCC(=O)c3ccc(Cl)cc3Cl)c2)cc1OC. The predicted molar refractivity (Wildman–Crippen MR) is 125 cm³/mol. The molecule has 0 heterocycles. The van der Waals surface area contributed by atoms with E-state index in [-0.39, 0.29) is 17.4 Å². The van der Waals surface area contributed by atoms with Gasteiger partial charge in [0.1, 0.15) is 0 Å². The maximum Gasteiger partial charge on any atom is 0.255 e. The molecule has 8 heteroatoms. The highest BCUT2D eigenvalue weighted by molar-refractivity contribution is 8.00. The molecule has 0 saturated heterocycles. The maximum absolute atomic E-state index is 12.6. The van der Waals surface area contributed by atoms with Gasteiger partial charge in [-0.25, -0.2) is 0 Å². The first-order valence-electron chi connectivity index (χ1n) is 9.15. The van der Waals surface area contributed by atoms with Gasteiger partial charge in [-0.3, -0.25) is 9.59 Å². The molecule has 0 spiro atoms. The van der Waals surface area contributed by atoms with Gasteiger partial charge in [-0.15, -0.1) is 11.8 Å². The van der Waals surface area contributed by atoms with Crippen LogP contribution in [0, 0.1) is 0 Å². The lowest BCUT2D eigenvalue weighted by atomic mass is 10.1. The van der Waals surface area contributed by atoms with Crippen molar-refractivity contribution in [3.63, 3.8) is 0 Å². The number of nitrogens with one attached hydrogen (secondary N) is 1. The molecule has 31 heavy (non-hydrogen) atoms. The van der Waals surface area contributed by atoms with E-state index in [9.17, 15) is 9.59 Å². The number of anilines is 1. The van der Waals surface area contributed by atoms with Crippen molar-refractivity contribution in [3.8, 4) is 11.5 Å². The molecule has 3 aromatic carbocycles. The molecule has 0 radical (unpaired) electrons. The van der Waals surface area contributed by atoms with Gasteiger partial charge in [-0.2, -0.15) is 0 Å². The fourth-order valence-corrected chi connectivity index (χ4v) is 4.14. The first kappa shape index (κ1) is 23.0. The number of rotatable bonds is 8.